The van der Waals surface area contributed by atoms with Gasteiger partial charge in [-0.25, -0.2) is 0 Å². The second-order valence-electron chi connectivity index (χ2n) is 5.99. The van der Waals surface area contributed by atoms with E-state index < -0.39 is 0 Å². The van der Waals surface area contributed by atoms with Crippen molar-refractivity contribution < 1.29 is 9.59 Å². The van der Waals surface area contributed by atoms with Gasteiger partial charge in [0.05, 0.1) is 6.54 Å². The van der Waals surface area contributed by atoms with Gasteiger partial charge < -0.3 is 15.2 Å². The van der Waals surface area contributed by atoms with Crippen LogP contribution in [-0.2, 0) is 11.3 Å². The number of rotatable bonds is 6. The number of benzene rings is 2. The zero-order valence-corrected chi connectivity index (χ0v) is 15.2. The third-order valence-corrected chi connectivity index (χ3v) is 4.42. The van der Waals surface area contributed by atoms with Gasteiger partial charge in [0.25, 0.3) is 5.91 Å². The smallest absolute Gasteiger partial charge is 0.270 e. The minimum Gasteiger partial charge on any atom is -0.351 e. The fourth-order valence-corrected chi connectivity index (χ4v) is 2.84. The van der Waals surface area contributed by atoms with E-state index in [1.165, 1.54) is 4.90 Å². The van der Waals surface area contributed by atoms with E-state index in [4.69, 9.17) is 11.6 Å². The van der Waals surface area contributed by atoms with Crippen LogP contribution in [0.1, 0.15) is 23.0 Å². The maximum absolute atomic E-state index is 12.7. The summed E-state index contributed by atoms with van der Waals surface area (Å²) in [6.45, 7) is 2.71. The number of nitrogens with zero attached hydrogens (tertiary/aromatic N) is 1. The van der Waals surface area contributed by atoms with E-state index in [-0.39, 0.29) is 18.4 Å². The topological polar surface area (TPSA) is 65.2 Å². The van der Waals surface area contributed by atoms with Gasteiger partial charge in [0, 0.05) is 29.0 Å². The first-order valence-corrected chi connectivity index (χ1v) is 8.83. The molecule has 2 aromatic carbocycles. The Morgan fingerprint density at radius 2 is 1.85 bits per heavy atom. The summed E-state index contributed by atoms with van der Waals surface area (Å²) >= 11 is 5.85. The lowest BCUT2D eigenvalue weighted by molar-refractivity contribution is -0.121. The molecule has 2 amide bonds. The van der Waals surface area contributed by atoms with Gasteiger partial charge in [-0.05, 0) is 36.8 Å². The lowest BCUT2D eigenvalue weighted by Gasteiger charge is -2.19. The highest BCUT2D eigenvalue weighted by molar-refractivity contribution is 6.30. The van der Waals surface area contributed by atoms with E-state index in [0.717, 1.165) is 16.5 Å². The molecule has 0 atom stereocenters. The van der Waals surface area contributed by atoms with Gasteiger partial charge in [-0.3, -0.25) is 9.59 Å². The number of carbonyl (C=O) groups excluding carboxylic acids is 2. The molecule has 2 N–H and O–H groups in total. The minimum absolute atomic E-state index is 0.0122. The van der Waals surface area contributed by atoms with Crippen LogP contribution in [0.15, 0.2) is 54.6 Å². The SMILES string of the molecule is CCN(CC(=O)NCc1ccc(Cl)cc1)C(=O)c1cc2ccccc2[nH]1. The second kappa shape index (κ2) is 8.06. The van der Waals surface area contributed by atoms with Crippen molar-refractivity contribution in [3.8, 4) is 0 Å². The molecule has 0 aliphatic carbocycles. The number of aromatic nitrogens is 1. The Morgan fingerprint density at radius 1 is 1.12 bits per heavy atom. The van der Waals surface area contributed by atoms with E-state index in [9.17, 15) is 9.59 Å². The molecular formula is C20H20ClN3O2. The molecule has 0 spiro atoms. The minimum atomic E-state index is -0.203. The van der Waals surface area contributed by atoms with Crippen molar-refractivity contribution in [3.05, 3.63) is 70.9 Å². The van der Waals surface area contributed by atoms with Gasteiger partial charge in [-0.2, -0.15) is 0 Å². The summed E-state index contributed by atoms with van der Waals surface area (Å²) < 4.78 is 0. The molecule has 0 saturated heterocycles. The summed E-state index contributed by atoms with van der Waals surface area (Å²) in [5.74, 6) is -0.392. The molecule has 1 heterocycles. The number of carbonyl (C=O) groups is 2. The first kappa shape index (κ1) is 18.0. The van der Waals surface area contributed by atoms with Gasteiger partial charge in [-0.15, -0.1) is 0 Å². The van der Waals surface area contributed by atoms with E-state index in [1.807, 2.05) is 49.4 Å². The highest BCUT2D eigenvalue weighted by Gasteiger charge is 2.19. The standard InChI is InChI=1S/C20H20ClN3O2/c1-2-24(13-19(25)22-12-14-7-9-16(21)10-8-14)20(26)18-11-15-5-3-4-6-17(15)23-18/h3-11,23H,2,12-13H2,1H3,(H,22,25). The highest BCUT2D eigenvalue weighted by atomic mass is 35.5. The monoisotopic (exact) mass is 369 g/mol. The molecule has 5 nitrogen and oxygen atoms in total. The Hall–Kier alpha value is -2.79. The van der Waals surface area contributed by atoms with Crippen molar-refractivity contribution in [3.63, 3.8) is 0 Å². The Labute approximate surface area is 157 Å². The van der Waals surface area contributed by atoms with Crippen LogP contribution in [0.3, 0.4) is 0 Å². The third kappa shape index (κ3) is 4.24. The molecular weight excluding hydrogens is 350 g/mol. The van der Waals surface area contributed by atoms with Crippen molar-refractivity contribution in [1.29, 1.82) is 0 Å². The molecule has 0 bridgehead atoms. The zero-order valence-electron chi connectivity index (χ0n) is 14.5. The number of nitrogens with one attached hydrogen (secondary N) is 2. The molecule has 134 valence electrons. The first-order chi connectivity index (χ1) is 12.6. The van der Waals surface area contributed by atoms with Crippen molar-refractivity contribution in [1.82, 2.24) is 15.2 Å². The predicted molar refractivity (Wildman–Crippen MR) is 103 cm³/mol. The maximum Gasteiger partial charge on any atom is 0.270 e. The third-order valence-electron chi connectivity index (χ3n) is 4.17. The van der Waals surface area contributed by atoms with E-state index in [0.29, 0.717) is 23.8 Å². The summed E-state index contributed by atoms with van der Waals surface area (Å²) in [4.78, 5) is 29.5. The Morgan fingerprint density at radius 3 is 2.54 bits per heavy atom. The maximum atomic E-state index is 12.7. The Bertz CT molecular complexity index is 885. The molecule has 0 unspecified atom stereocenters. The van der Waals surface area contributed by atoms with Crippen LogP contribution in [0.25, 0.3) is 10.9 Å². The zero-order chi connectivity index (χ0) is 18.5. The number of hydrogen-bond acceptors (Lipinski definition) is 2. The van der Waals surface area contributed by atoms with Crippen molar-refractivity contribution >= 4 is 34.3 Å². The fourth-order valence-electron chi connectivity index (χ4n) is 2.72. The largest absolute Gasteiger partial charge is 0.351 e. The van der Waals surface area contributed by atoms with Gasteiger partial charge in [0.1, 0.15) is 5.69 Å². The van der Waals surface area contributed by atoms with E-state index in [2.05, 4.69) is 10.3 Å². The number of hydrogen-bond donors (Lipinski definition) is 2. The van der Waals surface area contributed by atoms with Crippen molar-refractivity contribution in [2.24, 2.45) is 0 Å². The Balaban J connectivity index is 1.61. The van der Waals surface area contributed by atoms with Gasteiger partial charge in [-0.1, -0.05) is 41.9 Å². The molecule has 3 aromatic rings. The number of halogens is 1. The van der Waals surface area contributed by atoms with Gasteiger partial charge in [0.15, 0.2) is 0 Å². The fraction of sp³-hybridized carbons (Fsp3) is 0.200. The highest BCUT2D eigenvalue weighted by Crippen LogP contribution is 2.16. The average molecular weight is 370 g/mol. The lowest BCUT2D eigenvalue weighted by Crippen LogP contribution is -2.40. The summed E-state index contributed by atoms with van der Waals surface area (Å²) in [7, 11) is 0. The number of amides is 2. The summed E-state index contributed by atoms with van der Waals surface area (Å²) in [6, 6.07) is 16.8. The Kier molecular flexibility index (Phi) is 5.58. The molecule has 0 radical (unpaired) electrons. The summed E-state index contributed by atoms with van der Waals surface area (Å²) in [5, 5.41) is 4.46. The van der Waals surface area contributed by atoms with Crippen LogP contribution in [0.4, 0.5) is 0 Å². The van der Waals surface area contributed by atoms with Gasteiger partial charge in [0.2, 0.25) is 5.91 Å². The number of para-hydroxylation sites is 1. The molecule has 3 rings (SSSR count). The number of aromatic amines is 1. The molecule has 26 heavy (non-hydrogen) atoms. The van der Waals surface area contributed by atoms with Crippen LogP contribution in [-0.4, -0.2) is 34.8 Å². The number of fused-ring (bicyclic) bond motifs is 1. The van der Waals surface area contributed by atoms with Crippen molar-refractivity contribution in [2.75, 3.05) is 13.1 Å². The molecule has 0 saturated carbocycles. The van der Waals surface area contributed by atoms with Crippen LogP contribution < -0.4 is 5.32 Å². The van der Waals surface area contributed by atoms with Gasteiger partial charge >= 0.3 is 0 Å². The van der Waals surface area contributed by atoms with Crippen LogP contribution >= 0.6 is 11.6 Å². The number of likely N-dealkylation sites (N-methyl/N-ethyl adjacent to an activating group) is 1. The lowest BCUT2D eigenvalue weighted by atomic mass is 10.2. The van der Waals surface area contributed by atoms with Crippen molar-refractivity contribution in [2.45, 2.75) is 13.5 Å². The average Bonchev–Trinajstić information content (AvgIpc) is 3.09. The molecule has 0 aliphatic heterocycles. The molecule has 0 fully saturated rings. The summed E-state index contributed by atoms with van der Waals surface area (Å²) in [5.41, 5.74) is 2.34. The predicted octanol–water partition coefficient (Wildman–Crippen LogP) is 3.60. The number of H-pyrrole nitrogens is 1. The summed E-state index contributed by atoms with van der Waals surface area (Å²) in [6.07, 6.45) is 0. The molecule has 6 heteroatoms. The molecule has 1 aromatic heterocycles. The normalized spacial score (nSPS) is 10.7. The van der Waals surface area contributed by atoms with Crippen LogP contribution in [0.5, 0.6) is 0 Å². The second-order valence-corrected chi connectivity index (χ2v) is 6.43. The molecule has 0 aliphatic rings. The quantitative estimate of drug-likeness (QED) is 0.697. The van der Waals surface area contributed by atoms with E-state index >= 15 is 0 Å². The van der Waals surface area contributed by atoms with Crippen LogP contribution in [0, 0.1) is 0 Å². The first-order valence-electron chi connectivity index (χ1n) is 8.45. The van der Waals surface area contributed by atoms with E-state index in [1.54, 1.807) is 12.1 Å². The van der Waals surface area contributed by atoms with Crippen LogP contribution in [0.2, 0.25) is 5.02 Å².